The van der Waals surface area contributed by atoms with Crippen molar-refractivity contribution in [3.8, 4) is 0 Å². The third kappa shape index (κ3) is 8.82. The Bertz CT molecular complexity index is 694. The molecule has 1 aliphatic heterocycles. The number of rotatable bonds is 7. The number of piperidine rings is 1. The minimum absolute atomic E-state index is 0. The zero-order chi connectivity index (χ0) is 22.1. The second-order valence-electron chi connectivity index (χ2n) is 8.65. The molecule has 1 fully saturated rings. The highest BCUT2D eigenvalue weighted by Gasteiger charge is 2.27. The molecule has 2 heterocycles. The van der Waals surface area contributed by atoms with E-state index < -0.39 is 5.60 Å². The van der Waals surface area contributed by atoms with E-state index in [4.69, 9.17) is 9.73 Å². The van der Waals surface area contributed by atoms with Crippen molar-refractivity contribution in [3.05, 3.63) is 12.2 Å². The van der Waals surface area contributed by atoms with E-state index in [2.05, 4.69) is 34.3 Å². The van der Waals surface area contributed by atoms with Crippen LogP contribution in [0.3, 0.4) is 0 Å². The summed E-state index contributed by atoms with van der Waals surface area (Å²) in [4.78, 5) is 21.3. The summed E-state index contributed by atoms with van der Waals surface area (Å²) >= 11 is 0. The molecular formula is C21H40IN7O2. The minimum Gasteiger partial charge on any atom is -0.444 e. The second-order valence-corrected chi connectivity index (χ2v) is 8.65. The lowest BCUT2D eigenvalue weighted by atomic mass is 9.96. The molecule has 1 aromatic heterocycles. The Morgan fingerprint density at radius 1 is 1.29 bits per heavy atom. The average Bonchev–Trinajstić information content (AvgIpc) is 3.16. The summed E-state index contributed by atoms with van der Waals surface area (Å²) in [6, 6.07) is 0. The first-order valence-electron chi connectivity index (χ1n) is 11.1. The van der Waals surface area contributed by atoms with E-state index >= 15 is 0 Å². The van der Waals surface area contributed by atoms with E-state index in [9.17, 15) is 4.79 Å². The van der Waals surface area contributed by atoms with Gasteiger partial charge >= 0.3 is 6.09 Å². The lowest BCUT2D eigenvalue weighted by Crippen LogP contribution is -2.47. The maximum atomic E-state index is 12.4. The van der Waals surface area contributed by atoms with Crippen LogP contribution in [0.25, 0.3) is 0 Å². The van der Waals surface area contributed by atoms with Gasteiger partial charge in [0.1, 0.15) is 18.5 Å². The van der Waals surface area contributed by atoms with E-state index in [1.165, 1.54) is 0 Å². The van der Waals surface area contributed by atoms with Crippen molar-refractivity contribution in [3.63, 3.8) is 0 Å². The third-order valence-corrected chi connectivity index (χ3v) is 5.17. The summed E-state index contributed by atoms with van der Waals surface area (Å²) in [5, 5.41) is 11.5. The largest absolute Gasteiger partial charge is 0.444 e. The highest BCUT2D eigenvalue weighted by Crippen LogP contribution is 2.20. The predicted molar refractivity (Wildman–Crippen MR) is 134 cm³/mol. The number of aromatic nitrogens is 3. The number of amides is 1. The Hall–Kier alpha value is -1.59. The van der Waals surface area contributed by atoms with Crippen LogP contribution in [0.1, 0.15) is 60.2 Å². The number of likely N-dealkylation sites (tertiary alicyclic amines) is 1. The van der Waals surface area contributed by atoms with Crippen LogP contribution in [0.4, 0.5) is 4.79 Å². The van der Waals surface area contributed by atoms with Gasteiger partial charge in [-0.1, -0.05) is 0 Å². The van der Waals surface area contributed by atoms with Crippen LogP contribution in [0.5, 0.6) is 0 Å². The number of guanidine groups is 1. The molecule has 0 aliphatic carbocycles. The standard InChI is InChI=1S/C21H39N7O2.HI/c1-7-22-19(23-14-18-25-24-16-27(18)9-3)28-12-10-17(11-13-28)15-26(8-2)20(29)30-21(4,5)6;/h16-17H,7-15H2,1-6H3,(H,22,23);1H. The van der Waals surface area contributed by atoms with Gasteiger partial charge in [-0.3, -0.25) is 0 Å². The van der Waals surface area contributed by atoms with E-state index in [1.807, 2.05) is 37.2 Å². The molecule has 178 valence electrons. The lowest BCUT2D eigenvalue weighted by molar-refractivity contribution is 0.0214. The Balaban J connectivity index is 0.00000480. The molecule has 1 saturated heterocycles. The Kier molecular flexibility index (Phi) is 11.6. The maximum Gasteiger partial charge on any atom is 0.410 e. The number of carbonyl (C=O) groups excluding carboxylic acids is 1. The second kappa shape index (κ2) is 13.1. The van der Waals surface area contributed by atoms with Crippen LogP contribution < -0.4 is 5.32 Å². The van der Waals surface area contributed by atoms with Crippen LogP contribution in [-0.2, 0) is 17.8 Å². The molecule has 0 radical (unpaired) electrons. The normalized spacial score (nSPS) is 15.4. The van der Waals surface area contributed by atoms with E-state index in [-0.39, 0.29) is 30.1 Å². The molecule has 0 atom stereocenters. The van der Waals surface area contributed by atoms with E-state index in [0.29, 0.717) is 19.0 Å². The Morgan fingerprint density at radius 2 is 1.97 bits per heavy atom. The molecule has 1 aliphatic rings. The fourth-order valence-corrected chi connectivity index (χ4v) is 3.54. The summed E-state index contributed by atoms with van der Waals surface area (Å²) in [6.45, 7) is 17.3. The van der Waals surface area contributed by atoms with Crippen molar-refractivity contribution in [2.45, 2.75) is 73.1 Å². The van der Waals surface area contributed by atoms with Crippen molar-refractivity contribution >= 4 is 36.0 Å². The molecular weight excluding hydrogens is 509 g/mol. The zero-order valence-electron chi connectivity index (χ0n) is 19.9. The van der Waals surface area contributed by atoms with Crippen LogP contribution in [-0.4, -0.2) is 74.9 Å². The van der Waals surface area contributed by atoms with Gasteiger partial charge in [0.05, 0.1) is 0 Å². The maximum absolute atomic E-state index is 12.4. The van der Waals surface area contributed by atoms with E-state index in [1.54, 1.807) is 6.33 Å². The van der Waals surface area contributed by atoms with Crippen LogP contribution in [0.15, 0.2) is 11.3 Å². The summed E-state index contributed by atoms with van der Waals surface area (Å²) in [5.41, 5.74) is -0.465. The molecule has 0 bridgehead atoms. The van der Waals surface area contributed by atoms with Crippen molar-refractivity contribution in [1.29, 1.82) is 0 Å². The number of halogens is 1. The average molecular weight is 550 g/mol. The number of nitrogens with one attached hydrogen (secondary N) is 1. The molecule has 10 heteroatoms. The van der Waals surface area contributed by atoms with Crippen LogP contribution >= 0.6 is 24.0 Å². The predicted octanol–water partition coefficient (Wildman–Crippen LogP) is 3.35. The van der Waals surface area contributed by atoms with Gasteiger partial charge in [-0.25, -0.2) is 9.79 Å². The van der Waals surface area contributed by atoms with Crippen molar-refractivity contribution in [1.82, 2.24) is 29.9 Å². The van der Waals surface area contributed by atoms with Gasteiger partial charge in [-0.15, -0.1) is 34.2 Å². The quantitative estimate of drug-likeness (QED) is 0.319. The molecule has 0 aromatic carbocycles. The van der Waals surface area contributed by atoms with Gasteiger partial charge in [0, 0.05) is 39.3 Å². The molecule has 0 spiro atoms. The van der Waals surface area contributed by atoms with Crippen molar-refractivity contribution < 1.29 is 9.53 Å². The summed E-state index contributed by atoms with van der Waals surface area (Å²) in [6.07, 6.45) is 3.57. The number of carbonyl (C=O) groups is 1. The molecule has 0 saturated carbocycles. The van der Waals surface area contributed by atoms with Crippen LogP contribution in [0.2, 0.25) is 0 Å². The number of hydrogen-bond acceptors (Lipinski definition) is 5. The van der Waals surface area contributed by atoms with Gasteiger partial charge in [-0.05, 0) is 60.3 Å². The van der Waals surface area contributed by atoms with Crippen LogP contribution in [0, 0.1) is 5.92 Å². The molecule has 1 N–H and O–H groups in total. The topological polar surface area (TPSA) is 87.9 Å². The van der Waals surface area contributed by atoms with E-state index in [0.717, 1.165) is 57.3 Å². The number of nitrogens with zero attached hydrogens (tertiary/aromatic N) is 6. The highest BCUT2D eigenvalue weighted by molar-refractivity contribution is 14.0. The first-order valence-corrected chi connectivity index (χ1v) is 11.1. The fraction of sp³-hybridized carbons (Fsp3) is 0.810. The van der Waals surface area contributed by atoms with Gasteiger partial charge in [-0.2, -0.15) is 0 Å². The summed E-state index contributed by atoms with van der Waals surface area (Å²) in [5.74, 6) is 2.26. The monoisotopic (exact) mass is 549 g/mol. The minimum atomic E-state index is -0.465. The first-order chi connectivity index (χ1) is 14.3. The zero-order valence-corrected chi connectivity index (χ0v) is 22.3. The number of aliphatic imine (C=N–C) groups is 1. The molecule has 9 nitrogen and oxygen atoms in total. The van der Waals surface area contributed by atoms with Gasteiger partial charge in [0.15, 0.2) is 11.8 Å². The molecule has 0 unspecified atom stereocenters. The van der Waals surface area contributed by atoms with Gasteiger partial charge in [0.2, 0.25) is 0 Å². The lowest BCUT2D eigenvalue weighted by Gasteiger charge is -2.36. The summed E-state index contributed by atoms with van der Waals surface area (Å²) < 4.78 is 7.55. The number of ether oxygens (including phenoxy) is 1. The molecule has 1 amide bonds. The van der Waals surface area contributed by atoms with Gasteiger partial charge in [0.25, 0.3) is 0 Å². The molecule has 2 rings (SSSR count). The Morgan fingerprint density at radius 3 is 2.52 bits per heavy atom. The fourth-order valence-electron chi connectivity index (χ4n) is 3.54. The smallest absolute Gasteiger partial charge is 0.410 e. The highest BCUT2D eigenvalue weighted by atomic mass is 127. The molecule has 1 aromatic rings. The first kappa shape index (κ1) is 27.4. The molecule has 31 heavy (non-hydrogen) atoms. The van der Waals surface area contributed by atoms with Crippen molar-refractivity contribution in [2.24, 2.45) is 10.9 Å². The SMILES string of the molecule is CCNC(=NCc1nncn1CC)N1CCC(CN(CC)C(=O)OC(C)(C)C)CC1.I. The Labute approximate surface area is 204 Å². The third-order valence-electron chi connectivity index (χ3n) is 5.17. The van der Waals surface area contributed by atoms with Gasteiger partial charge < -0.3 is 24.4 Å². The van der Waals surface area contributed by atoms with Crippen molar-refractivity contribution in [2.75, 3.05) is 32.7 Å². The number of hydrogen-bond donors (Lipinski definition) is 1. The summed E-state index contributed by atoms with van der Waals surface area (Å²) in [7, 11) is 0. The number of aryl methyl sites for hydroxylation is 1.